The first-order valence-corrected chi connectivity index (χ1v) is 10.9. The number of halogens is 4. The van der Waals surface area contributed by atoms with Gasteiger partial charge in [-0.25, -0.2) is 0 Å². The molecule has 0 fully saturated rings. The number of ether oxygens (including phenoxy) is 2. The average Bonchev–Trinajstić information content (AvgIpc) is 2.74. The van der Waals surface area contributed by atoms with Gasteiger partial charge in [-0.05, 0) is 81.8 Å². The third-order valence-corrected chi connectivity index (χ3v) is 6.00. The Morgan fingerprint density at radius 3 is 2.40 bits per heavy atom. The van der Waals surface area contributed by atoms with Gasteiger partial charge in [0.05, 0.1) is 32.4 Å². The van der Waals surface area contributed by atoms with Crippen molar-refractivity contribution in [1.82, 2.24) is 0 Å². The Balaban J connectivity index is 1.90. The van der Waals surface area contributed by atoms with E-state index in [4.69, 9.17) is 44.3 Å². The van der Waals surface area contributed by atoms with Crippen molar-refractivity contribution < 1.29 is 9.47 Å². The highest BCUT2D eigenvalue weighted by molar-refractivity contribution is 14.1. The number of rotatable bonds is 6. The van der Waals surface area contributed by atoms with Gasteiger partial charge in [0.15, 0.2) is 11.5 Å². The predicted molar refractivity (Wildman–Crippen MR) is 131 cm³/mol. The molecule has 3 nitrogen and oxygen atoms in total. The summed E-state index contributed by atoms with van der Waals surface area (Å²) >= 11 is 20.2. The summed E-state index contributed by atoms with van der Waals surface area (Å²) in [6.07, 6.45) is 1.77. The molecule has 7 heteroatoms. The van der Waals surface area contributed by atoms with Crippen molar-refractivity contribution in [1.29, 1.82) is 5.26 Å². The number of hydrogen-bond donors (Lipinski definition) is 0. The molecule has 0 aliphatic rings. The fraction of sp³-hybridized carbons (Fsp3) is 0.0870. The zero-order valence-electron chi connectivity index (χ0n) is 15.8. The molecule has 0 spiro atoms. The first kappa shape index (κ1) is 22.8. The number of hydrogen-bond acceptors (Lipinski definition) is 3. The minimum atomic E-state index is 0.380. The number of allylic oxidation sites excluding steroid dienone is 1. The highest BCUT2D eigenvalue weighted by Gasteiger charge is 2.13. The lowest BCUT2D eigenvalue weighted by atomic mass is 10.0. The SMILES string of the molecule is COc1cc(/C=C(/C#N)c2ccc(Cl)c(Cl)c2)cc(I)c1OCc1ccc(Cl)cc1. The molecule has 3 aromatic carbocycles. The maximum Gasteiger partial charge on any atom is 0.174 e. The molecule has 0 radical (unpaired) electrons. The van der Waals surface area contributed by atoms with Gasteiger partial charge in [-0.15, -0.1) is 0 Å². The summed E-state index contributed by atoms with van der Waals surface area (Å²) in [6, 6.07) is 18.5. The van der Waals surface area contributed by atoms with E-state index in [1.54, 1.807) is 31.4 Å². The van der Waals surface area contributed by atoms with Crippen LogP contribution in [0.3, 0.4) is 0 Å². The van der Waals surface area contributed by atoms with Crippen molar-refractivity contribution in [3.63, 3.8) is 0 Å². The monoisotopic (exact) mass is 569 g/mol. The molecule has 0 aromatic heterocycles. The normalized spacial score (nSPS) is 11.1. The van der Waals surface area contributed by atoms with Crippen molar-refractivity contribution >= 4 is 69.0 Å². The summed E-state index contributed by atoms with van der Waals surface area (Å²) < 4.78 is 12.4. The molecule has 0 amide bonds. The number of nitriles is 1. The lowest BCUT2D eigenvalue weighted by Gasteiger charge is -2.14. The minimum Gasteiger partial charge on any atom is -0.493 e. The van der Waals surface area contributed by atoms with Crippen LogP contribution in [0.1, 0.15) is 16.7 Å². The van der Waals surface area contributed by atoms with Crippen LogP contribution in [-0.4, -0.2) is 7.11 Å². The standard InChI is InChI=1S/C23H15Cl3INO2/c1-29-22-10-15(8-17(12-28)16-4-7-19(25)20(26)11-16)9-21(27)23(22)30-13-14-2-5-18(24)6-3-14/h2-11H,13H2,1H3/b17-8-. The van der Waals surface area contributed by atoms with Crippen LogP contribution < -0.4 is 9.47 Å². The van der Waals surface area contributed by atoms with Crippen LogP contribution in [0.2, 0.25) is 15.1 Å². The Hall–Kier alpha value is -1.91. The van der Waals surface area contributed by atoms with E-state index in [0.29, 0.717) is 44.3 Å². The van der Waals surface area contributed by atoms with E-state index in [1.165, 1.54) is 0 Å². The second-order valence-electron chi connectivity index (χ2n) is 6.25. The van der Waals surface area contributed by atoms with Gasteiger partial charge in [0.1, 0.15) is 6.61 Å². The lowest BCUT2D eigenvalue weighted by Crippen LogP contribution is -2.00. The molecule has 3 aromatic rings. The number of benzene rings is 3. The number of nitrogens with zero attached hydrogens (tertiary/aromatic N) is 1. The minimum absolute atomic E-state index is 0.380. The molecule has 30 heavy (non-hydrogen) atoms. The van der Waals surface area contributed by atoms with E-state index in [-0.39, 0.29) is 0 Å². The smallest absolute Gasteiger partial charge is 0.174 e. The van der Waals surface area contributed by atoms with Gasteiger partial charge in [0.25, 0.3) is 0 Å². The van der Waals surface area contributed by atoms with Crippen LogP contribution in [0, 0.1) is 14.9 Å². The van der Waals surface area contributed by atoms with Crippen molar-refractivity contribution in [2.45, 2.75) is 6.61 Å². The van der Waals surface area contributed by atoms with Crippen molar-refractivity contribution in [2.75, 3.05) is 7.11 Å². The Bertz CT molecular complexity index is 1140. The summed E-state index contributed by atoms with van der Waals surface area (Å²) in [6.45, 7) is 0.380. The van der Waals surface area contributed by atoms with Gasteiger partial charge in [-0.3, -0.25) is 0 Å². The first-order chi connectivity index (χ1) is 14.4. The molecule has 3 rings (SSSR count). The molecule has 0 heterocycles. The zero-order valence-corrected chi connectivity index (χ0v) is 20.2. The van der Waals surface area contributed by atoms with E-state index in [2.05, 4.69) is 28.7 Å². The van der Waals surface area contributed by atoms with Gasteiger partial charge in [-0.1, -0.05) is 53.0 Å². The summed E-state index contributed by atoms with van der Waals surface area (Å²) in [7, 11) is 1.58. The van der Waals surface area contributed by atoms with Gasteiger partial charge < -0.3 is 9.47 Å². The van der Waals surface area contributed by atoms with Crippen LogP contribution >= 0.6 is 57.4 Å². The molecule has 0 saturated carbocycles. The molecular weight excluding hydrogens is 556 g/mol. The molecule has 0 unspecified atom stereocenters. The molecule has 152 valence electrons. The summed E-state index contributed by atoms with van der Waals surface area (Å²) in [5.74, 6) is 1.21. The van der Waals surface area contributed by atoms with E-state index >= 15 is 0 Å². The third-order valence-electron chi connectivity index (χ3n) is 4.21. The largest absolute Gasteiger partial charge is 0.493 e. The Kier molecular flexibility index (Phi) is 7.90. The fourth-order valence-corrected chi connectivity index (χ4v) is 3.91. The third kappa shape index (κ3) is 5.61. The topological polar surface area (TPSA) is 42.2 Å². The second kappa shape index (κ2) is 10.4. The second-order valence-corrected chi connectivity index (χ2v) is 8.66. The van der Waals surface area contributed by atoms with Crippen LogP contribution in [0.4, 0.5) is 0 Å². The molecule has 0 bridgehead atoms. The van der Waals surface area contributed by atoms with Gasteiger partial charge in [-0.2, -0.15) is 5.26 Å². The van der Waals surface area contributed by atoms with E-state index in [0.717, 1.165) is 14.7 Å². The quantitative estimate of drug-likeness (QED) is 0.172. The summed E-state index contributed by atoms with van der Waals surface area (Å²) in [5, 5.41) is 11.1. The lowest BCUT2D eigenvalue weighted by molar-refractivity contribution is 0.282. The maximum atomic E-state index is 9.62. The molecule has 0 atom stereocenters. The molecule has 0 N–H and O–H groups in total. The Morgan fingerprint density at radius 1 is 1.03 bits per heavy atom. The highest BCUT2D eigenvalue weighted by Crippen LogP contribution is 2.36. The van der Waals surface area contributed by atoms with E-state index < -0.39 is 0 Å². The number of methoxy groups -OCH3 is 1. The fourth-order valence-electron chi connectivity index (χ4n) is 2.71. The first-order valence-electron chi connectivity index (χ1n) is 8.73. The van der Waals surface area contributed by atoms with Gasteiger partial charge in [0.2, 0.25) is 0 Å². The maximum absolute atomic E-state index is 9.62. The van der Waals surface area contributed by atoms with E-state index in [9.17, 15) is 5.26 Å². The van der Waals surface area contributed by atoms with E-state index in [1.807, 2.05) is 36.4 Å². The summed E-state index contributed by atoms with van der Waals surface area (Å²) in [5.41, 5.74) is 2.94. The predicted octanol–water partition coefficient (Wildman–Crippen LogP) is 7.90. The molecule has 0 aliphatic heterocycles. The van der Waals surface area contributed by atoms with Crippen LogP contribution in [-0.2, 0) is 6.61 Å². The van der Waals surface area contributed by atoms with Crippen LogP contribution in [0.15, 0.2) is 54.6 Å². The van der Waals surface area contributed by atoms with Crippen LogP contribution in [0.25, 0.3) is 11.6 Å². The highest BCUT2D eigenvalue weighted by atomic mass is 127. The van der Waals surface area contributed by atoms with Crippen molar-refractivity contribution in [3.8, 4) is 17.6 Å². The van der Waals surface area contributed by atoms with Crippen molar-refractivity contribution in [3.05, 3.63) is 89.9 Å². The molecule has 0 saturated heterocycles. The van der Waals surface area contributed by atoms with Crippen molar-refractivity contribution in [2.24, 2.45) is 0 Å². The average molecular weight is 571 g/mol. The van der Waals surface area contributed by atoms with Gasteiger partial charge >= 0.3 is 0 Å². The molecule has 0 aliphatic carbocycles. The Labute approximate surface area is 203 Å². The zero-order chi connectivity index (χ0) is 21.7. The Morgan fingerprint density at radius 2 is 1.77 bits per heavy atom. The van der Waals surface area contributed by atoms with Gasteiger partial charge in [0, 0.05) is 5.02 Å². The molecular formula is C23H15Cl3INO2. The summed E-state index contributed by atoms with van der Waals surface area (Å²) in [4.78, 5) is 0. The van der Waals surface area contributed by atoms with Crippen LogP contribution in [0.5, 0.6) is 11.5 Å².